The molecule has 5 rings (SSSR count). The van der Waals surface area contributed by atoms with Gasteiger partial charge in [-0.05, 0) is 23.8 Å². The number of benzene rings is 2. The molecule has 6 heteroatoms. The molecule has 2 aliphatic heterocycles. The molecule has 136 valence electrons. The average Bonchev–Trinajstić information content (AvgIpc) is 3.31. The number of carbonyl (C=O) groups is 1. The molecule has 0 saturated carbocycles. The van der Waals surface area contributed by atoms with Gasteiger partial charge in [0.25, 0.3) is 5.91 Å². The Morgan fingerprint density at radius 1 is 1.22 bits per heavy atom. The Balaban J connectivity index is 1.38. The summed E-state index contributed by atoms with van der Waals surface area (Å²) in [5.41, 5.74) is 4.45. The van der Waals surface area contributed by atoms with E-state index in [0.717, 1.165) is 22.6 Å². The molecule has 27 heavy (non-hydrogen) atoms. The summed E-state index contributed by atoms with van der Waals surface area (Å²) in [5.74, 6) is 0.477. The van der Waals surface area contributed by atoms with Gasteiger partial charge in [0, 0.05) is 42.8 Å². The average molecular weight is 363 g/mol. The van der Waals surface area contributed by atoms with Crippen molar-refractivity contribution in [3.63, 3.8) is 0 Å². The van der Waals surface area contributed by atoms with E-state index in [2.05, 4.69) is 10.2 Å². The largest absolute Gasteiger partial charge is 0.480 e. The minimum absolute atomic E-state index is 0.0109. The second kappa shape index (κ2) is 6.23. The van der Waals surface area contributed by atoms with Crippen LogP contribution in [0.1, 0.15) is 16.8 Å². The van der Waals surface area contributed by atoms with E-state index in [0.29, 0.717) is 37.2 Å². The predicted molar refractivity (Wildman–Crippen MR) is 97.7 cm³/mol. The highest BCUT2D eigenvalue weighted by atomic mass is 19.1. The van der Waals surface area contributed by atoms with Crippen molar-refractivity contribution in [2.24, 2.45) is 0 Å². The lowest BCUT2D eigenvalue weighted by Crippen LogP contribution is -2.43. The fourth-order valence-corrected chi connectivity index (χ4v) is 3.88. The van der Waals surface area contributed by atoms with Gasteiger partial charge in [-0.25, -0.2) is 4.39 Å². The van der Waals surface area contributed by atoms with Crippen LogP contribution in [0.15, 0.2) is 48.5 Å². The summed E-state index contributed by atoms with van der Waals surface area (Å²) in [7, 11) is 0. The number of amides is 1. The van der Waals surface area contributed by atoms with Crippen LogP contribution < -0.4 is 4.74 Å². The van der Waals surface area contributed by atoms with E-state index < -0.39 is 6.10 Å². The molecule has 5 nitrogen and oxygen atoms in total. The number of ether oxygens (including phenoxy) is 1. The minimum Gasteiger partial charge on any atom is -0.480 e. The third-order valence-electron chi connectivity index (χ3n) is 5.27. The summed E-state index contributed by atoms with van der Waals surface area (Å²) in [6, 6.07) is 14.1. The number of nitrogens with zero attached hydrogens (tertiary/aromatic N) is 2. The lowest BCUT2D eigenvalue weighted by Gasteiger charge is -2.29. The lowest BCUT2D eigenvalue weighted by molar-refractivity contribution is -0.138. The molecular formula is C21H18FN3O2. The van der Waals surface area contributed by atoms with Crippen molar-refractivity contribution < 1.29 is 13.9 Å². The maximum absolute atomic E-state index is 13.6. The SMILES string of the molecule is O=C([C@H]1Cc2ccccc2O1)N1CCc2[nH]nc(-c3cccc(F)c3)c2C1. The van der Waals surface area contributed by atoms with Crippen LogP contribution in [0.2, 0.25) is 0 Å². The van der Waals surface area contributed by atoms with E-state index in [1.807, 2.05) is 35.2 Å². The maximum atomic E-state index is 13.6. The van der Waals surface area contributed by atoms with Crippen molar-refractivity contribution in [2.75, 3.05) is 6.54 Å². The first-order chi connectivity index (χ1) is 13.2. The maximum Gasteiger partial charge on any atom is 0.264 e. The summed E-state index contributed by atoms with van der Waals surface area (Å²) in [4.78, 5) is 14.8. The minimum atomic E-state index is -0.478. The summed E-state index contributed by atoms with van der Waals surface area (Å²) in [5, 5.41) is 7.42. The smallest absolute Gasteiger partial charge is 0.264 e. The van der Waals surface area contributed by atoms with E-state index >= 15 is 0 Å². The van der Waals surface area contributed by atoms with Gasteiger partial charge in [-0.1, -0.05) is 30.3 Å². The van der Waals surface area contributed by atoms with Crippen LogP contribution in [0.3, 0.4) is 0 Å². The molecule has 0 bridgehead atoms. The molecule has 0 spiro atoms. The first kappa shape index (κ1) is 16.1. The zero-order chi connectivity index (χ0) is 18.4. The topological polar surface area (TPSA) is 58.2 Å². The number of hydrogen-bond acceptors (Lipinski definition) is 3. The lowest BCUT2D eigenvalue weighted by atomic mass is 10.00. The van der Waals surface area contributed by atoms with Crippen molar-refractivity contribution in [1.29, 1.82) is 0 Å². The number of rotatable bonds is 2. The monoisotopic (exact) mass is 363 g/mol. The number of para-hydroxylation sites is 1. The Morgan fingerprint density at radius 3 is 2.96 bits per heavy atom. The third-order valence-corrected chi connectivity index (χ3v) is 5.27. The van der Waals surface area contributed by atoms with Gasteiger partial charge in [0.15, 0.2) is 6.10 Å². The number of halogens is 1. The Labute approximate surface area is 155 Å². The Kier molecular flexibility index (Phi) is 3.70. The van der Waals surface area contributed by atoms with Crippen molar-refractivity contribution >= 4 is 5.91 Å². The molecule has 1 amide bonds. The molecule has 0 aliphatic carbocycles. The molecular weight excluding hydrogens is 345 g/mol. The Hall–Kier alpha value is -3.15. The van der Waals surface area contributed by atoms with Gasteiger partial charge in [-0.3, -0.25) is 9.89 Å². The van der Waals surface area contributed by atoms with Crippen molar-refractivity contribution in [3.8, 4) is 17.0 Å². The number of hydrogen-bond donors (Lipinski definition) is 1. The molecule has 3 heterocycles. The summed E-state index contributed by atoms with van der Waals surface area (Å²) in [6.45, 7) is 1.07. The molecule has 0 radical (unpaired) electrons. The van der Waals surface area contributed by atoms with Gasteiger partial charge in [0.2, 0.25) is 0 Å². The highest BCUT2D eigenvalue weighted by Gasteiger charge is 2.34. The second-order valence-electron chi connectivity index (χ2n) is 6.97. The normalized spacial score (nSPS) is 18.0. The Bertz CT molecular complexity index is 1000. The summed E-state index contributed by atoms with van der Waals surface area (Å²) in [6.07, 6.45) is 0.817. The highest BCUT2D eigenvalue weighted by Crippen LogP contribution is 2.32. The van der Waals surface area contributed by atoms with Crippen LogP contribution in [-0.4, -0.2) is 33.7 Å². The first-order valence-corrected chi connectivity index (χ1v) is 9.04. The zero-order valence-electron chi connectivity index (χ0n) is 14.6. The van der Waals surface area contributed by atoms with Gasteiger partial charge >= 0.3 is 0 Å². The van der Waals surface area contributed by atoms with Crippen molar-refractivity contribution in [2.45, 2.75) is 25.5 Å². The van der Waals surface area contributed by atoms with Crippen LogP contribution in [0.25, 0.3) is 11.3 Å². The van der Waals surface area contributed by atoms with E-state index in [4.69, 9.17) is 4.74 Å². The molecule has 1 N–H and O–H groups in total. The number of H-pyrrole nitrogens is 1. The quantitative estimate of drug-likeness (QED) is 0.761. The van der Waals surface area contributed by atoms with E-state index in [1.165, 1.54) is 12.1 Å². The predicted octanol–water partition coefficient (Wildman–Crippen LogP) is 3.10. The molecule has 1 atom stereocenters. The zero-order valence-corrected chi connectivity index (χ0v) is 14.6. The third kappa shape index (κ3) is 2.77. The molecule has 0 unspecified atom stereocenters. The van der Waals surface area contributed by atoms with Crippen LogP contribution in [0.4, 0.5) is 4.39 Å². The van der Waals surface area contributed by atoms with Gasteiger partial charge in [0.1, 0.15) is 11.6 Å². The molecule has 2 aliphatic rings. The van der Waals surface area contributed by atoms with E-state index in [1.54, 1.807) is 6.07 Å². The van der Waals surface area contributed by atoms with Crippen molar-refractivity contribution in [1.82, 2.24) is 15.1 Å². The van der Waals surface area contributed by atoms with Crippen LogP contribution in [-0.2, 0) is 24.2 Å². The molecule has 2 aromatic carbocycles. The molecule has 0 saturated heterocycles. The van der Waals surface area contributed by atoms with Crippen LogP contribution in [0, 0.1) is 5.82 Å². The molecule has 0 fully saturated rings. The summed E-state index contributed by atoms with van der Waals surface area (Å²) < 4.78 is 19.5. The van der Waals surface area contributed by atoms with Gasteiger partial charge < -0.3 is 9.64 Å². The van der Waals surface area contributed by atoms with Gasteiger partial charge in [0.05, 0.1) is 5.69 Å². The van der Waals surface area contributed by atoms with Crippen LogP contribution >= 0.6 is 0 Å². The molecule has 3 aromatic rings. The van der Waals surface area contributed by atoms with Gasteiger partial charge in [-0.2, -0.15) is 5.10 Å². The Morgan fingerprint density at radius 2 is 2.11 bits per heavy atom. The number of aromatic nitrogens is 2. The first-order valence-electron chi connectivity index (χ1n) is 9.04. The van der Waals surface area contributed by atoms with Gasteiger partial charge in [-0.15, -0.1) is 0 Å². The number of aromatic amines is 1. The van der Waals surface area contributed by atoms with E-state index in [9.17, 15) is 9.18 Å². The van der Waals surface area contributed by atoms with Crippen molar-refractivity contribution in [3.05, 3.63) is 71.2 Å². The van der Waals surface area contributed by atoms with E-state index in [-0.39, 0.29) is 11.7 Å². The van der Waals surface area contributed by atoms with Crippen LogP contribution in [0.5, 0.6) is 5.75 Å². The number of fused-ring (bicyclic) bond motifs is 2. The fraction of sp³-hybridized carbons (Fsp3) is 0.238. The molecule has 1 aromatic heterocycles. The number of carbonyl (C=O) groups excluding carboxylic acids is 1. The summed E-state index contributed by atoms with van der Waals surface area (Å²) >= 11 is 0. The standard InChI is InChI=1S/C21H18FN3O2/c22-15-6-3-5-14(10-15)20-16-12-25(9-8-17(16)23-24-20)21(26)19-11-13-4-1-2-7-18(13)27-19/h1-7,10,19H,8-9,11-12H2,(H,23,24)/t19-/m1/s1. The number of nitrogens with one attached hydrogen (secondary N) is 1. The second-order valence-corrected chi connectivity index (χ2v) is 6.97. The fourth-order valence-electron chi connectivity index (χ4n) is 3.88. The highest BCUT2D eigenvalue weighted by molar-refractivity contribution is 5.83.